The van der Waals surface area contributed by atoms with Gasteiger partial charge < -0.3 is 19.5 Å². The van der Waals surface area contributed by atoms with E-state index in [-0.39, 0.29) is 18.1 Å². The summed E-state index contributed by atoms with van der Waals surface area (Å²) < 4.78 is 16.5. The van der Waals surface area contributed by atoms with Crippen molar-refractivity contribution in [3.05, 3.63) is 47.3 Å². The molecule has 0 bridgehead atoms. The van der Waals surface area contributed by atoms with Crippen molar-refractivity contribution in [2.24, 2.45) is 0 Å². The lowest BCUT2D eigenvalue weighted by Crippen LogP contribution is -2.39. The molecule has 1 aliphatic carbocycles. The molecule has 7 nitrogen and oxygen atoms in total. The molecule has 1 fully saturated rings. The van der Waals surface area contributed by atoms with Crippen LogP contribution in [0.15, 0.2) is 30.3 Å². The molecule has 1 saturated carbocycles. The highest BCUT2D eigenvalue weighted by Crippen LogP contribution is 2.28. The third kappa shape index (κ3) is 5.95. The number of rotatable bonds is 7. The molecule has 1 aliphatic rings. The van der Waals surface area contributed by atoms with Gasteiger partial charge in [-0.05, 0) is 69.4 Å². The lowest BCUT2D eigenvalue weighted by atomic mass is 9.93. The molecule has 0 spiro atoms. The number of nitrogens with one attached hydrogen (secondary N) is 1. The Kier molecular flexibility index (Phi) is 7.27. The molecule has 0 aliphatic heterocycles. The number of amides is 1. The van der Waals surface area contributed by atoms with E-state index in [0.717, 1.165) is 42.6 Å². The zero-order valence-corrected chi connectivity index (χ0v) is 18.0. The largest absolute Gasteiger partial charge is 0.493 e. The van der Waals surface area contributed by atoms with Crippen LogP contribution in [-0.4, -0.2) is 42.2 Å². The molecule has 1 aromatic carbocycles. The van der Waals surface area contributed by atoms with E-state index in [9.17, 15) is 4.79 Å². The Labute approximate surface area is 177 Å². The Morgan fingerprint density at radius 2 is 1.67 bits per heavy atom. The molecule has 0 atom stereocenters. The van der Waals surface area contributed by atoms with E-state index in [2.05, 4.69) is 15.3 Å². The topological polar surface area (TPSA) is 82.6 Å². The van der Waals surface area contributed by atoms with Gasteiger partial charge >= 0.3 is 6.01 Å². The molecule has 1 amide bonds. The smallest absolute Gasteiger partial charge is 0.317 e. The Hall–Kier alpha value is -3.09. The van der Waals surface area contributed by atoms with Gasteiger partial charge in [0, 0.05) is 23.5 Å². The second-order valence-corrected chi connectivity index (χ2v) is 7.48. The molecule has 30 heavy (non-hydrogen) atoms. The first-order valence-electron chi connectivity index (χ1n) is 10.2. The number of aromatic nitrogens is 2. The van der Waals surface area contributed by atoms with Crippen LogP contribution in [-0.2, 0) is 4.79 Å². The van der Waals surface area contributed by atoms with Crippen LogP contribution in [0.1, 0.15) is 42.6 Å². The highest BCUT2D eigenvalue weighted by Gasteiger charge is 2.24. The number of aryl methyl sites for hydroxylation is 2. The Morgan fingerprint density at radius 3 is 2.30 bits per heavy atom. The van der Waals surface area contributed by atoms with Gasteiger partial charge in [0.2, 0.25) is 5.91 Å². The molecule has 0 radical (unpaired) electrons. The number of ether oxygens (including phenoxy) is 3. The van der Waals surface area contributed by atoms with Crippen molar-refractivity contribution >= 4 is 12.0 Å². The minimum Gasteiger partial charge on any atom is -0.493 e. The van der Waals surface area contributed by atoms with Crippen molar-refractivity contribution in [1.29, 1.82) is 0 Å². The summed E-state index contributed by atoms with van der Waals surface area (Å²) in [6.07, 6.45) is 6.86. The first kappa shape index (κ1) is 21.6. The van der Waals surface area contributed by atoms with Crippen molar-refractivity contribution in [2.45, 2.75) is 51.7 Å². The van der Waals surface area contributed by atoms with Crippen molar-refractivity contribution in [3.63, 3.8) is 0 Å². The standard InChI is InChI=1S/C23H29N3O4/c1-15-13-16(2)25-23(24-15)30-19-9-7-18(8-10-19)26-22(27)12-6-17-5-11-20(28-3)21(14-17)29-4/h5-6,11-14,18-19H,7-10H2,1-4H3,(H,26,27)/b12-6+. The molecule has 3 rings (SSSR count). The van der Waals surface area contributed by atoms with E-state index in [0.29, 0.717) is 17.5 Å². The van der Waals surface area contributed by atoms with Gasteiger partial charge in [0.05, 0.1) is 14.2 Å². The van der Waals surface area contributed by atoms with E-state index in [4.69, 9.17) is 14.2 Å². The number of hydrogen-bond donors (Lipinski definition) is 1. The molecule has 1 heterocycles. The van der Waals surface area contributed by atoms with Gasteiger partial charge in [-0.3, -0.25) is 4.79 Å². The lowest BCUT2D eigenvalue weighted by molar-refractivity contribution is -0.117. The van der Waals surface area contributed by atoms with Gasteiger partial charge in [-0.15, -0.1) is 0 Å². The highest BCUT2D eigenvalue weighted by molar-refractivity contribution is 5.92. The van der Waals surface area contributed by atoms with Crippen LogP contribution in [0.2, 0.25) is 0 Å². The quantitative estimate of drug-likeness (QED) is 0.701. The Bertz CT molecular complexity index is 885. The van der Waals surface area contributed by atoms with Crippen molar-refractivity contribution < 1.29 is 19.0 Å². The Morgan fingerprint density at radius 1 is 1.00 bits per heavy atom. The third-order valence-corrected chi connectivity index (χ3v) is 5.09. The fourth-order valence-electron chi connectivity index (χ4n) is 3.60. The molecular weight excluding hydrogens is 382 g/mol. The lowest BCUT2D eigenvalue weighted by Gasteiger charge is -2.28. The maximum atomic E-state index is 12.3. The maximum absolute atomic E-state index is 12.3. The molecule has 1 aromatic heterocycles. The fourth-order valence-corrected chi connectivity index (χ4v) is 3.60. The third-order valence-electron chi connectivity index (χ3n) is 5.09. The minimum absolute atomic E-state index is 0.0849. The average Bonchev–Trinajstić information content (AvgIpc) is 2.72. The van der Waals surface area contributed by atoms with Crippen LogP contribution in [0, 0.1) is 13.8 Å². The van der Waals surface area contributed by atoms with Gasteiger partial charge in [-0.1, -0.05) is 6.07 Å². The van der Waals surface area contributed by atoms with Crippen LogP contribution in [0.4, 0.5) is 0 Å². The second kappa shape index (κ2) is 10.1. The van der Waals surface area contributed by atoms with Gasteiger partial charge in [0.25, 0.3) is 0 Å². The number of nitrogens with zero attached hydrogens (tertiary/aromatic N) is 2. The number of methoxy groups -OCH3 is 2. The number of carbonyl (C=O) groups excluding carboxylic acids is 1. The SMILES string of the molecule is COc1ccc(/C=C/C(=O)NC2CCC(Oc3nc(C)cc(C)n3)CC2)cc1OC. The predicted molar refractivity (Wildman–Crippen MR) is 115 cm³/mol. The van der Waals surface area contributed by atoms with E-state index >= 15 is 0 Å². The molecule has 7 heteroatoms. The average molecular weight is 412 g/mol. The number of benzene rings is 1. The highest BCUT2D eigenvalue weighted by atomic mass is 16.5. The molecule has 1 N–H and O–H groups in total. The van der Waals surface area contributed by atoms with Crippen LogP contribution in [0.3, 0.4) is 0 Å². The molecule has 0 saturated heterocycles. The van der Waals surface area contributed by atoms with Crippen LogP contribution in [0.25, 0.3) is 6.08 Å². The summed E-state index contributed by atoms with van der Waals surface area (Å²) in [6, 6.07) is 8.04. The summed E-state index contributed by atoms with van der Waals surface area (Å²) in [5.41, 5.74) is 2.67. The van der Waals surface area contributed by atoms with Gasteiger partial charge in [0.15, 0.2) is 11.5 Å². The summed E-state index contributed by atoms with van der Waals surface area (Å²) in [5.74, 6) is 1.18. The predicted octanol–water partition coefficient (Wildman–Crippen LogP) is 3.63. The Balaban J connectivity index is 1.47. The molecular formula is C23H29N3O4. The minimum atomic E-state index is -0.105. The van der Waals surface area contributed by atoms with Crippen LogP contribution >= 0.6 is 0 Å². The summed E-state index contributed by atoms with van der Waals surface area (Å²) in [6.45, 7) is 3.87. The van der Waals surface area contributed by atoms with Gasteiger partial charge in [0.1, 0.15) is 6.10 Å². The zero-order valence-electron chi connectivity index (χ0n) is 18.0. The van der Waals surface area contributed by atoms with Crippen molar-refractivity contribution in [1.82, 2.24) is 15.3 Å². The van der Waals surface area contributed by atoms with E-state index in [1.165, 1.54) is 0 Å². The molecule has 0 unspecified atom stereocenters. The van der Waals surface area contributed by atoms with E-state index in [1.807, 2.05) is 38.1 Å². The summed E-state index contributed by atoms with van der Waals surface area (Å²) in [7, 11) is 3.18. The second-order valence-electron chi connectivity index (χ2n) is 7.48. The normalized spacial score (nSPS) is 18.8. The van der Waals surface area contributed by atoms with Gasteiger partial charge in [-0.25, -0.2) is 9.97 Å². The van der Waals surface area contributed by atoms with Crippen molar-refractivity contribution in [2.75, 3.05) is 14.2 Å². The monoisotopic (exact) mass is 411 g/mol. The maximum Gasteiger partial charge on any atom is 0.317 e. The van der Waals surface area contributed by atoms with Crippen molar-refractivity contribution in [3.8, 4) is 17.5 Å². The summed E-state index contributed by atoms with van der Waals surface area (Å²) >= 11 is 0. The molecule has 160 valence electrons. The van der Waals surface area contributed by atoms with E-state index in [1.54, 1.807) is 26.4 Å². The zero-order chi connectivity index (χ0) is 21.5. The fraction of sp³-hybridized carbons (Fsp3) is 0.435. The molecule has 2 aromatic rings. The van der Waals surface area contributed by atoms with Crippen LogP contribution in [0.5, 0.6) is 17.5 Å². The number of hydrogen-bond acceptors (Lipinski definition) is 6. The van der Waals surface area contributed by atoms with Gasteiger partial charge in [-0.2, -0.15) is 0 Å². The summed E-state index contributed by atoms with van der Waals surface area (Å²) in [4.78, 5) is 21.0. The first-order chi connectivity index (χ1) is 14.5. The van der Waals surface area contributed by atoms with E-state index < -0.39 is 0 Å². The summed E-state index contributed by atoms with van der Waals surface area (Å²) in [5, 5.41) is 3.07. The first-order valence-corrected chi connectivity index (χ1v) is 10.2. The van der Waals surface area contributed by atoms with Crippen LogP contribution < -0.4 is 19.5 Å². The number of carbonyl (C=O) groups is 1.